The lowest BCUT2D eigenvalue weighted by Crippen LogP contribution is -2.07. The van der Waals surface area contributed by atoms with Crippen molar-refractivity contribution in [3.63, 3.8) is 0 Å². The first-order valence-corrected chi connectivity index (χ1v) is 8.37. The maximum Gasteiger partial charge on any atom is 0.334 e. The van der Waals surface area contributed by atoms with Crippen molar-refractivity contribution >= 4 is 17.7 Å². The Morgan fingerprint density at radius 3 is 2.44 bits per heavy atom. The van der Waals surface area contributed by atoms with Crippen LogP contribution >= 0.6 is 7.60 Å². The molecule has 102 valence electrons. The molecule has 1 aromatic heterocycles. The van der Waals surface area contributed by atoms with Gasteiger partial charge in [-0.15, -0.1) is 0 Å². The van der Waals surface area contributed by atoms with Crippen molar-refractivity contribution in [1.29, 1.82) is 0 Å². The largest absolute Gasteiger partial charge is 0.362 e. The zero-order chi connectivity index (χ0) is 13.8. The molecule has 7 nitrogen and oxygen atoms in total. The van der Waals surface area contributed by atoms with Crippen molar-refractivity contribution in [2.45, 2.75) is 6.16 Å². The molecular formula is C9H14NO6PS. The first kappa shape index (κ1) is 15.1. The van der Waals surface area contributed by atoms with Crippen LogP contribution in [0.25, 0.3) is 0 Å². The van der Waals surface area contributed by atoms with Crippen molar-refractivity contribution in [2.75, 3.05) is 20.5 Å². The summed E-state index contributed by atoms with van der Waals surface area (Å²) < 4.78 is 48.0. The summed E-state index contributed by atoms with van der Waals surface area (Å²) in [5, 5.41) is 0. The predicted molar refractivity (Wildman–Crippen MR) is 65.0 cm³/mol. The molecule has 0 atom stereocenters. The zero-order valence-electron chi connectivity index (χ0n) is 10.2. The van der Waals surface area contributed by atoms with Gasteiger partial charge in [0.2, 0.25) is 5.88 Å². The van der Waals surface area contributed by atoms with Gasteiger partial charge in [-0.3, -0.25) is 4.57 Å². The Morgan fingerprint density at radius 1 is 1.33 bits per heavy atom. The average Bonchev–Trinajstić information content (AvgIpc) is 2.27. The molecule has 0 aliphatic heterocycles. The number of pyridine rings is 1. The van der Waals surface area contributed by atoms with Crippen LogP contribution in [-0.2, 0) is 29.9 Å². The minimum Gasteiger partial charge on any atom is -0.362 e. The van der Waals surface area contributed by atoms with Gasteiger partial charge in [-0.1, -0.05) is 0 Å². The van der Waals surface area contributed by atoms with E-state index in [2.05, 4.69) is 9.17 Å². The molecule has 0 amide bonds. The highest BCUT2D eigenvalue weighted by Gasteiger charge is 2.22. The summed E-state index contributed by atoms with van der Waals surface area (Å²) in [6.07, 6.45) is 2.27. The van der Waals surface area contributed by atoms with Crippen LogP contribution in [0.4, 0.5) is 0 Å². The van der Waals surface area contributed by atoms with Crippen molar-refractivity contribution in [1.82, 2.24) is 4.98 Å². The third-order valence-corrected chi connectivity index (χ3v) is 4.31. The van der Waals surface area contributed by atoms with E-state index >= 15 is 0 Å². The summed E-state index contributed by atoms with van der Waals surface area (Å²) in [5.74, 6) is -0.0891. The molecule has 0 aliphatic rings. The smallest absolute Gasteiger partial charge is 0.334 e. The van der Waals surface area contributed by atoms with Crippen LogP contribution in [0, 0.1) is 0 Å². The van der Waals surface area contributed by atoms with E-state index in [1.165, 1.54) is 26.5 Å². The van der Waals surface area contributed by atoms with Gasteiger partial charge < -0.3 is 13.2 Å². The molecule has 0 saturated heterocycles. The summed E-state index contributed by atoms with van der Waals surface area (Å²) in [6.45, 7) is 0. The van der Waals surface area contributed by atoms with E-state index in [0.29, 0.717) is 5.56 Å². The second-order valence-electron chi connectivity index (χ2n) is 3.42. The molecule has 0 radical (unpaired) electrons. The van der Waals surface area contributed by atoms with Crippen molar-refractivity contribution in [2.24, 2.45) is 0 Å². The molecule has 18 heavy (non-hydrogen) atoms. The molecule has 0 fully saturated rings. The Kier molecular flexibility index (Phi) is 4.86. The highest BCUT2D eigenvalue weighted by Crippen LogP contribution is 2.49. The van der Waals surface area contributed by atoms with Crippen molar-refractivity contribution in [3.8, 4) is 5.88 Å². The van der Waals surface area contributed by atoms with Gasteiger partial charge in [0.05, 0.1) is 12.4 Å². The molecule has 0 aromatic carbocycles. The molecule has 0 saturated carbocycles. The van der Waals surface area contributed by atoms with Crippen LogP contribution in [0.5, 0.6) is 5.88 Å². The van der Waals surface area contributed by atoms with Crippen LogP contribution in [0.15, 0.2) is 18.3 Å². The van der Waals surface area contributed by atoms with E-state index in [9.17, 15) is 13.0 Å². The molecule has 0 aliphatic carbocycles. The fourth-order valence-corrected chi connectivity index (χ4v) is 2.63. The molecule has 1 heterocycles. The van der Waals surface area contributed by atoms with Gasteiger partial charge in [0, 0.05) is 26.5 Å². The number of rotatable bonds is 6. The van der Waals surface area contributed by atoms with Crippen molar-refractivity contribution in [3.05, 3.63) is 23.9 Å². The molecule has 9 heteroatoms. The maximum atomic E-state index is 11.9. The van der Waals surface area contributed by atoms with Gasteiger partial charge in [-0.2, -0.15) is 8.42 Å². The van der Waals surface area contributed by atoms with E-state index in [0.717, 1.165) is 6.26 Å². The fourth-order valence-electron chi connectivity index (χ4n) is 1.18. The fraction of sp³-hybridized carbons (Fsp3) is 0.444. The van der Waals surface area contributed by atoms with E-state index in [4.69, 9.17) is 9.05 Å². The lowest BCUT2D eigenvalue weighted by Gasteiger charge is -2.13. The highest BCUT2D eigenvalue weighted by atomic mass is 32.2. The minimum atomic E-state index is -3.64. The monoisotopic (exact) mass is 295 g/mol. The Morgan fingerprint density at radius 2 is 1.94 bits per heavy atom. The second-order valence-corrected chi connectivity index (χ2v) is 7.27. The summed E-state index contributed by atoms with van der Waals surface area (Å²) in [5.41, 5.74) is 0.538. The summed E-state index contributed by atoms with van der Waals surface area (Å²) in [7, 11) is -4.30. The molecule has 0 spiro atoms. The Bertz CT molecular complexity index is 550. The summed E-state index contributed by atoms with van der Waals surface area (Å²) in [6, 6.07) is 2.94. The second kappa shape index (κ2) is 5.79. The quantitative estimate of drug-likeness (QED) is 0.578. The number of hydrogen-bond acceptors (Lipinski definition) is 7. The van der Waals surface area contributed by atoms with Crippen molar-refractivity contribution < 1.29 is 26.2 Å². The van der Waals surface area contributed by atoms with Crippen LogP contribution in [0.2, 0.25) is 0 Å². The molecular weight excluding hydrogens is 281 g/mol. The number of hydrogen-bond donors (Lipinski definition) is 0. The van der Waals surface area contributed by atoms with E-state index in [-0.39, 0.29) is 12.0 Å². The zero-order valence-corrected chi connectivity index (χ0v) is 11.9. The Labute approximate surface area is 106 Å². The van der Waals surface area contributed by atoms with Crippen LogP contribution in [0.3, 0.4) is 0 Å². The van der Waals surface area contributed by atoms with Crippen LogP contribution in [0.1, 0.15) is 5.56 Å². The third-order valence-electron chi connectivity index (χ3n) is 1.97. The van der Waals surface area contributed by atoms with Gasteiger partial charge in [-0.05, 0) is 11.6 Å². The standard InChI is InChI=1S/C9H14NO6PS/c1-14-17(11,15-2)7-8-4-5-10-9(6-8)16-18(3,12)13/h4-6H,7H2,1-3H3. The molecule has 0 N–H and O–H groups in total. The average molecular weight is 295 g/mol. The van der Waals surface area contributed by atoms with Gasteiger partial charge >= 0.3 is 17.7 Å². The normalized spacial score (nSPS) is 12.4. The van der Waals surface area contributed by atoms with Gasteiger partial charge in [0.15, 0.2) is 0 Å². The Hall–Kier alpha value is -0.950. The highest BCUT2D eigenvalue weighted by molar-refractivity contribution is 7.86. The SMILES string of the molecule is COP(=O)(Cc1ccnc(OS(C)(=O)=O)c1)OC. The lowest BCUT2D eigenvalue weighted by atomic mass is 10.3. The molecule has 1 rings (SSSR count). The topological polar surface area (TPSA) is 91.8 Å². The van der Waals surface area contributed by atoms with Gasteiger partial charge in [0.25, 0.3) is 0 Å². The third kappa shape index (κ3) is 4.73. The maximum absolute atomic E-state index is 11.9. The predicted octanol–water partition coefficient (Wildman–Crippen LogP) is 1.41. The minimum absolute atomic E-state index is 0.00262. The lowest BCUT2D eigenvalue weighted by molar-refractivity contribution is 0.275. The summed E-state index contributed by atoms with van der Waals surface area (Å²) in [4.78, 5) is 3.73. The number of nitrogens with zero attached hydrogens (tertiary/aromatic N) is 1. The van der Waals surface area contributed by atoms with E-state index < -0.39 is 17.7 Å². The van der Waals surface area contributed by atoms with Crippen LogP contribution < -0.4 is 4.18 Å². The van der Waals surface area contributed by atoms with E-state index in [1.807, 2.05) is 0 Å². The molecule has 0 bridgehead atoms. The first-order valence-electron chi connectivity index (χ1n) is 4.83. The van der Waals surface area contributed by atoms with E-state index in [1.54, 1.807) is 6.07 Å². The van der Waals surface area contributed by atoms with Gasteiger partial charge in [0.1, 0.15) is 0 Å². The number of aromatic nitrogens is 1. The molecule has 0 unspecified atom stereocenters. The summed E-state index contributed by atoms with van der Waals surface area (Å²) >= 11 is 0. The molecule has 1 aromatic rings. The van der Waals surface area contributed by atoms with Crippen LogP contribution in [-0.4, -0.2) is 33.9 Å². The Balaban J connectivity index is 2.93. The first-order chi connectivity index (χ1) is 8.28. The van der Waals surface area contributed by atoms with Gasteiger partial charge in [-0.25, -0.2) is 4.98 Å².